The average molecular weight is 357 g/mol. The smallest absolute Gasteiger partial charge is 0.128 e. The highest BCUT2D eigenvalue weighted by Gasteiger charge is 2.16. The number of hydrogen-bond donors (Lipinski definition) is 2. The molecule has 3 rings (SSSR count). The first kappa shape index (κ1) is 18.1. The van der Waals surface area contributed by atoms with Crippen LogP contribution in [-0.2, 0) is 0 Å². The number of pyridine rings is 1. The highest BCUT2D eigenvalue weighted by atomic mass is 32.2. The molecule has 1 fully saturated rings. The summed E-state index contributed by atoms with van der Waals surface area (Å²) < 4.78 is 3.16. The first-order valence-electron chi connectivity index (χ1n) is 9.06. The number of aromatic nitrogens is 1. The maximum absolute atomic E-state index is 4.85. The Morgan fingerprint density at radius 2 is 1.88 bits per heavy atom. The fraction of sp³-hybridized carbons (Fsp3) is 0.450. The van der Waals surface area contributed by atoms with Gasteiger partial charge in [0.2, 0.25) is 0 Å². The lowest BCUT2D eigenvalue weighted by Gasteiger charge is -2.25. The van der Waals surface area contributed by atoms with Gasteiger partial charge in [0.1, 0.15) is 5.82 Å². The van der Waals surface area contributed by atoms with Crippen molar-refractivity contribution in [3.8, 4) is 11.3 Å². The van der Waals surface area contributed by atoms with Gasteiger partial charge in [-0.1, -0.05) is 25.3 Å². The van der Waals surface area contributed by atoms with Crippen molar-refractivity contribution in [1.29, 1.82) is 0 Å². The molecular formula is C20H28N4S. The van der Waals surface area contributed by atoms with Crippen LogP contribution in [0.15, 0.2) is 41.3 Å². The second kappa shape index (κ2) is 8.59. The molecule has 0 saturated heterocycles. The van der Waals surface area contributed by atoms with Crippen LogP contribution in [0.4, 0.5) is 11.5 Å². The van der Waals surface area contributed by atoms with Gasteiger partial charge in [0.05, 0.1) is 5.69 Å². The summed E-state index contributed by atoms with van der Waals surface area (Å²) >= 11 is 1.63. The van der Waals surface area contributed by atoms with Gasteiger partial charge in [0.25, 0.3) is 0 Å². The molecule has 0 amide bonds. The number of benzene rings is 1. The van der Waals surface area contributed by atoms with E-state index >= 15 is 0 Å². The van der Waals surface area contributed by atoms with Crippen LogP contribution < -0.4 is 14.9 Å². The molecule has 134 valence electrons. The van der Waals surface area contributed by atoms with Crippen molar-refractivity contribution in [3.63, 3.8) is 0 Å². The molecule has 4 nitrogen and oxygen atoms in total. The summed E-state index contributed by atoms with van der Waals surface area (Å²) in [5.74, 6) is 0.979. The minimum atomic E-state index is 0.576. The molecule has 2 N–H and O–H groups in total. The first-order valence-corrected chi connectivity index (χ1v) is 9.88. The summed E-state index contributed by atoms with van der Waals surface area (Å²) in [6.45, 7) is 0. The summed E-state index contributed by atoms with van der Waals surface area (Å²) in [5.41, 5.74) is 3.38. The fourth-order valence-corrected chi connectivity index (χ4v) is 3.88. The lowest BCUT2D eigenvalue weighted by atomic mass is 9.95. The molecule has 5 heteroatoms. The molecule has 2 aromatic rings. The molecule has 0 unspecified atom stereocenters. The minimum absolute atomic E-state index is 0.576. The summed E-state index contributed by atoms with van der Waals surface area (Å²) in [4.78, 5) is 8.10. The lowest BCUT2D eigenvalue weighted by Crippen LogP contribution is -2.22. The van der Waals surface area contributed by atoms with Crippen molar-refractivity contribution < 1.29 is 0 Å². The molecule has 1 aromatic heterocycles. The molecule has 1 saturated carbocycles. The molecular weight excluding hydrogens is 328 g/mol. The van der Waals surface area contributed by atoms with Gasteiger partial charge in [-0.05, 0) is 62.2 Å². The van der Waals surface area contributed by atoms with Crippen molar-refractivity contribution in [1.82, 2.24) is 9.71 Å². The SMILES string of the molecule is CNSc1ccc(NC2CCCCC2)c(-c2cccc(N(C)C)n2)c1. The Bertz CT molecular complexity index is 696. The van der Waals surface area contributed by atoms with E-state index in [0.717, 1.165) is 11.5 Å². The van der Waals surface area contributed by atoms with Crippen LogP contribution in [0, 0.1) is 0 Å². The predicted molar refractivity (Wildman–Crippen MR) is 109 cm³/mol. The van der Waals surface area contributed by atoms with Crippen LogP contribution >= 0.6 is 11.9 Å². The van der Waals surface area contributed by atoms with Crippen LogP contribution in [0.2, 0.25) is 0 Å². The zero-order valence-electron chi connectivity index (χ0n) is 15.4. The molecule has 0 spiro atoms. The van der Waals surface area contributed by atoms with Gasteiger partial charge in [-0.15, -0.1) is 0 Å². The predicted octanol–water partition coefficient (Wildman–Crippen LogP) is 4.79. The second-order valence-corrected chi connectivity index (χ2v) is 7.85. The summed E-state index contributed by atoms with van der Waals surface area (Å²) in [6, 6.07) is 13.4. The Balaban J connectivity index is 1.95. The summed E-state index contributed by atoms with van der Waals surface area (Å²) in [7, 11) is 6.00. The van der Waals surface area contributed by atoms with E-state index in [4.69, 9.17) is 4.98 Å². The van der Waals surface area contributed by atoms with E-state index in [9.17, 15) is 0 Å². The van der Waals surface area contributed by atoms with Gasteiger partial charge in [0, 0.05) is 36.3 Å². The normalized spacial score (nSPS) is 15.2. The molecule has 1 heterocycles. The van der Waals surface area contributed by atoms with Crippen LogP contribution in [0.1, 0.15) is 32.1 Å². The zero-order valence-corrected chi connectivity index (χ0v) is 16.2. The van der Waals surface area contributed by atoms with Crippen molar-refractivity contribution in [2.75, 3.05) is 31.4 Å². The van der Waals surface area contributed by atoms with Gasteiger partial charge < -0.3 is 10.2 Å². The molecule has 1 aliphatic rings. The maximum atomic E-state index is 4.85. The third kappa shape index (κ3) is 4.67. The second-order valence-electron chi connectivity index (χ2n) is 6.77. The Kier molecular flexibility index (Phi) is 6.21. The molecule has 0 radical (unpaired) electrons. The van der Waals surface area contributed by atoms with Gasteiger partial charge in [-0.2, -0.15) is 0 Å². The van der Waals surface area contributed by atoms with Crippen molar-refractivity contribution >= 4 is 23.5 Å². The lowest BCUT2D eigenvalue weighted by molar-refractivity contribution is 0.463. The van der Waals surface area contributed by atoms with E-state index in [1.165, 1.54) is 48.3 Å². The maximum Gasteiger partial charge on any atom is 0.128 e. The number of nitrogens with zero attached hydrogens (tertiary/aromatic N) is 2. The average Bonchev–Trinajstić information content (AvgIpc) is 2.64. The minimum Gasteiger partial charge on any atom is -0.382 e. The van der Waals surface area contributed by atoms with Gasteiger partial charge in [0.15, 0.2) is 0 Å². The van der Waals surface area contributed by atoms with E-state index in [1.54, 1.807) is 11.9 Å². The van der Waals surface area contributed by atoms with Crippen molar-refractivity contribution in [2.45, 2.75) is 43.0 Å². The topological polar surface area (TPSA) is 40.2 Å². The quantitative estimate of drug-likeness (QED) is 0.729. The standard InChI is InChI=1S/C20H28N4S/c1-21-25-16-12-13-19(22-15-8-5-4-6-9-15)17(14-16)18-10-7-11-20(23-18)24(2)3/h7,10-15,21-22H,4-6,8-9H2,1-3H3. The zero-order chi connectivity index (χ0) is 17.6. The summed E-state index contributed by atoms with van der Waals surface area (Å²) in [6.07, 6.45) is 6.55. The van der Waals surface area contributed by atoms with Crippen molar-refractivity contribution in [2.24, 2.45) is 0 Å². The number of hydrogen-bond acceptors (Lipinski definition) is 5. The Morgan fingerprint density at radius 1 is 1.08 bits per heavy atom. The van der Waals surface area contributed by atoms with Crippen LogP contribution in [0.5, 0.6) is 0 Å². The number of nitrogens with one attached hydrogen (secondary N) is 2. The third-order valence-corrected chi connectivity index (χ3v) is 5.34. The molecule has 1 aliphatic carbocycles. The van der Waals surface area contributed by atoms with Gasteiger partial charge >= 0.3 is 0 Å². The van der Waals surface area contributed by atoms with Crippen molar-refractivity contribution in [3.05, 3.63) is 36.4 Å². The first-order chi connectivity index (χ1) is 12.2. The molecule has 0 atom stereocenters. The van der Waals surface area contributed by atoms with E-state index < -0.39 is 0 Å². The van der Waals surface area contributed by atoms with E-state index in [2.05, 4.69) is 40.4 Å². The molecule has 25 heavy (non-hydrogen) atoms. The van der Waals surface area contributed by atoms with Gasteiger partial charge in [-0.3, -0.25) is 4.72 Å². The number of rotatable bonds is 6. The van der Waals surface area contributed by atoms with E-state index in [1.807, 2.05) is 32.1 Å². The molecule has 0 bridgehead atoms. The van der Waals surface area contributed by atoms with Gasteiger partial charge in [-0.25, -0.2) is 4.98 Å². The summed E-state index contributed by atoms with van der Waals surface area (Å²) in [5, 5.41) is 3.78. The highest BCUT2D eigenvalue weighted by Crippen LogP contribution is 2.33. The number of anilines is 2. The van der Waals surface area contributed by atoms with Crippen LogP contribution in [0.25, 0.3) is 11.3 Å². The molecule has 1 aromatic carbocycles. The Hall–Kier alpha value is -1.72. The Morgan fingerprint density at radius 3 is 2.60 bits per heavy atom. The third-order valence-electron chi connectivity index (χ3n) is 4.64. The monoisotopic (exact) mass is 356 g/mol. The Labute approximate surface area is 155 Å². The highest BCUT2D eigenvalue weighted by molar-refractivity contribution is 7.97. The van der Waals surface area contributed by atoms with Crippen LogP contribution in [0.3, 0.4) is 0 Å². The van der Waals surface area contributed by atoms with Crippen LogP contribution in [-0.4, -0.2) is 32.2 Å². The van der Waals surface area contributed by atoms with E-state index in [0.29, 0.717) is 6.04 Å². The molecule has 0 aliphatic heterocycles. The fourth-order valence-electron chi connectivity index (χ4n) is 3.33. The van der Waals surface area contributed by atoms with E-state index in [-0.39, 0.29) is 0 Å². The largest absolute Gasteiger partial charge is 0.382 e.